The van der Waals surface area contributed by atoms with Gasteiger partial charge >= 0.3 is 5.97 Å². The standard InChI is InChI=1S/C13H12ClNO3/c1-17-11(16)8-7-10-12(15-13(14)18-10)9-5-3-2-4-6-9/h2-6H,7-8H2,1H3. The lowest BCUT2D eigenvalue weighted by Crippen LogP contribution is -2.02. The summed E-state index contributed by atoms with van der Waals surface area (Å²) in [5, 5.41) is 0.0775. The van der Waals surface area contributed by atoms with Crippen LogP contribution in [0, 0.1) is 0 Å². The molecule has 0 amide bonds. The molecule has 94 valence electrons. The summed E-state index contributed by atoms with van der Waals surface area (Å²) >= 11 is 5.77. The number of benzene rings is 1. The van der Waals surface area contributed by atoms with Gasteiger partial charge in [-0.25, -0.2) is 0 Å². The third kappa shape index (κ3) is 2.90. The zero-order valence-electron chi connectivity index (χ0n) is 9.85. The maximum absolute atomic E-state index is 11.1. The molecule has 0 N–H and O–H groups in total. The Balaban J connectivity index is 2.23. The van der Waals surface area contributed by atoms with Gasteiger partial charge in [0.15, 0.2) is 0 Å². The Kier molecular flexibility index (Phi) is 3.99. The van der Waals surface area contributed by atoms with Crippen LogP contribution in [0.1, 0.15) is 12.2 Å². The minimum absolute atomic E-state index is 0.0775. The molecule has 5 heteroatoms. The van der Waals surface area contributed by atoms with Gasteiger partial charge in [0.2, 0.25) is 0 Å². The predicted molar refractivity (Wildman–Crippen MR) is 67.3 cm³/mol. The molecule has 1 aromatic heterocycles. The highest BCUT2D eigenvalue weighted by atomic mass is 35.5. The Labute approximate surface area is 110 Å². The zero-order chi connectivity index (χ0) is 13.0. The fraction of sp³-hybridized carbons (Fsp3) is 0.231. The highest BCUT2D eigenvalue weighted by molar-refractivity contribution is 6.27. The van der Waals surface area contributed by atoms with Crippen molar-refractivity contribution in [1.82, 2.24) is 4.98 Å². The fourth-order valence-electron chi connectivity index (χ4n) is 1.63. The molecule has 0 aliphatic rings. The van der Waals surface area contributed by atoms with Crippen LogP contribution in [-0.4, -0.2) is 18.1 Å². The first kappa shape index (κ1) is 12.6. The van der Waals surface area contributed by atoms with Crippen LogP contribution in [0.15, 0.2) is 34.7 Å². The summed E-state index contributed by atoms with van der Waals surface area (Å²) in [6, 6.07) is 9.55. The molecule has 0 unspecified atom stereocenters. The van der Waals surface area contributed by atoms with E-state index in [9.17, 15) is 4.79 Å². The molecule has 0 saturated carbocycles. The Bertz CT molecular complexity index is 536. The summed E-state index contributed by atoms with van der Waals surface area (Å²) in [5.41, 5.74) is 1.58. The topological polar surface area (TPSA) is 52.3 Å². The van der Waals surface area contributed by atoms with Gasteiger partial charge in [-0.05, 0) is 11.6 Å². The van der Waals surface area contributed by atoms with E-state index in [1.165, 1.54) is 7.11 Å². The van der Waals surface area contributed by atoms with E-state index in [4.69, 9.17) is 16.0 Å². The number of carbonyl (C=O) groups excluding carboxylic acids is 1. The maximum Gasteiger partial charge on any atom is 0.305 e. The van der Waals surface area contributed by atoms with Crippen LogP contribution in [0.3, 0.4) is 0 Å². The molecule has 0 spiro atoms. The van der Waals surface area contributed by atoms with Crippen molar-refractivity contribution in [2.75, 3.05) is 7.11 Å². The van der Waals surface area contributed by atoms with E-state index in [0.717, 1.165) is 5.56 Å². The number of halogens is 1. The summed E-state index contributed by atoms with van der Waals surface area (Å²) in [4.78, 5) is 15.3. The SMILES string of the molecule is COC(=O)CCc1oc(Cl)nc1-c1ccccc1. The van der Waals surface area contributed by atoms with Crippen molar-refractivity contribution in [3.8, 4) is 11.3 Å². The summed E-state index contributed by atoms with van der Waals surface area (Å²) < 4.78 is 9.90. The monoisotopic (exact) mass is 265 g/mol. The molecule has 2 aromatic rings. The molecule has 0 saturated heterocycles. The molecule has 1 aromatic carbocycles. The molecule has 0 atom stereocenters. The number of ether oxygens (including phenoxy) is 1. The highest BCUT2D eigenvalue weighted by Crippen LogP contribution is 2.26. The van der Waals surface area contributed by atoms with E-state index in [0.29, 0.717) is 17.9 Å². The van der Waals surface area contributed by atoms with Gasteiger partial charge in [-0.1, -0.05) is 30.3 Å². The first-order valence-corrected chi connectivity index (χ1v) is 5.86. The summed E-state index contributed by atoms with van der Waals surface area (Å²) in [7, 11) is 1.35. The minimum atomic E-state index is -0.290. The average molecular weight is 266 g/mol. The lowest BCUT2D eigenvalue weighted by Gasteiger charge is -2.00. The second kappa shape index (κ2) is 5.69. The Hall–Kier alpha value is -1.81. The van der Waals surface area contributed by atoms with Crippen LogP contribution in [-0.2, 0) is 16.0 Å². The number of aryl methyl sites for hydroxylation is 1. The third-order valence-electron chi connectivity index (χ3n) is 2.50. The highest BCUT2D eigenvalue weighted by Gasteiger charge is 2.15. The van der Waals surface area contributed by atoms with Crippen LogP contribution in [0.4, 0.5) is 0 Å². The van der Waals surface area contributed by atoms with Crippen LogP contribution in [0.25, 0.3) is 11.3 Å². The molecular formula is C13H12ClNO3. The van der Waals surface area contributed by atoms with Crippen molar-refractivity contribution < 1.29 is 13.9 Å². The number of methoxy groups -OCH3 is 1. The molecule has 0 aliphatic carbocycles. The first-order chi connectivity index (χ1) is 8.70. The van der Waals surface area contributed by atoms with Crippen LogP contribution in [0.5, 0.6) is 0 Å². The summed E-state index contributed by atoms with van der Waals surface area (Å²) in [5.74, 6) is 0.304. The van der Waals surface area contributed by atoms with Crippen LogP contribution >= 0.6 is 11.6 Å². The van der Waals surface area contributed by atoms with Crippen LogP contribution < -0.4 is 0 Å². The van der Waals surface area contributed by atoms with Gasteiger partial charge in [-0.15, -0.1) is 0 Å². The number of oxazole rings is 1. The van der Waals surface area contributed by atoms with Crippen molar-refractivity contribution in [3.05, 3.63) is 41.4 Å². The Morgan fingerprint density at radius 3 is 2.78 bits per heavy atom. The van der Waals surface area contributed by atoms with Gasteiger partial charge in [-0.3, -0.25) is 4.79 Å². The number of rotatable bonds is 4. The molecule has 0 bridgehead atoms. The Morgan fingerprint density at radius 2 is 2.11 bits per heavy atom. The number of esters is 1. The van der Waals surface area contributed by atoms with E-state index >= 15 is 0 Å². The summed E-state index contributed by atoms with van der Waals surface area (Å²) in [6.07, 6.45) is 0.651. The second-order valence-electron chi connectivity index (χ2n) is 3.68. The lowest BCUT2D eigenvalue weighted by atomic mass is 10.1. The molecule has 2 rings (SSSR count). The largest absolute Gasteiger partial charge is 0.469 e. The third-order valence-corrected chi connectivity index (χ3v) is 2.66. The lowest BCUT2D eigenvalue weighted by molar-refractivity contribution is -0.140. The van der Waals surface area contributed by atoms with E-state index in [1.54, 1.807) is 0 Å². The van der Waals surface area contributed by atoms with Crippen molar-refractivity contribution in [2.24, 2.45) is 0 Å². The molecule has 0 radical (unpaired) electrons. The van der Waals surface area contributed by atoms with Gasteiger partial charge in [0.25, 0.3) is 5.35 Å². The molecular weight excluding hydrogens is 254 g/mol. The number of aromatic nitrogens is 1. The number of nitrogens with zero attached hydrogens (tertiary/aromatic N) is 1. The van der Waals surface area contributed by atoms with Gasteiger partial charge < -0.3 is 9.15 Å². The summed E-state index contributed by atoms with van der Waals surface area (Å²) in [6.45, 7) is 0. The van der Waals surface area contributed by atoms with Crippen LogP contribution in [0.2, 0.25) is 5.35 Å². The molecule has 18 heavy (non-hydrogen) atoms. The Morgan fingerprint density at radius 1 is 1.39 bits per heavy atom. The zero-order valence-corrected chi connectivity index (χ0v) is 10.6. The van der Waals surface area contributed by atoms with E-state index in [1.807, 2.05) is 30.3 Å². The van der Waals surface area contributed by atoms with Gasteiger partial charge in [0, 0.05) is 12.0 Å². The van der Waals surface area contributed by atoms with Crippen molar-refractivity contribution in [3.63, 3.8) is 0 Å². The van der Waals surface area contributed by atoms with Crippen molar-refractivity contribution in [1.29, 1.82) is 0 Å². The number of carbonyl (C=O) groups is 1. The molecule has 4 nitrogen and oxygen atoms in total. The first-order valence-electron chi connectivity index (χ1n) is 5.48. The number of hydrogen-bond acceptors (Lipinski definition) is 4. The fourth-order valence-corrected chi connectivity index (χ4v) is 1.81. The predicted octanol–water partition coefficient (Wildman–Crippen LogP) is 3.10. The van der Waals surface area contributed by atoms with E-state index in [-0.39, 0.29) is 17.7 Å². The molecule has 0 fully saturated rings. The van der Waals surface area contributed by atoms with Crippen molar-refractivity contribution >= 4 is 17.6 Å². The van der Waals surface area contributed by atoms with E-state index < -0.39 is 0 Å². The smallest absolute Gasteiger partial charge is 0.305 e. The second-order valence-corrected chi connectivity index (χ2v) is 4.00. The quantitative estimate of drug-likeness (QED) is 0.797. The molecule has 0 aliphatic heterocycles. The van der Waals surface area contributed by atoms with Gasteiger partial charge in [-0.2, -0.15) is 4.98 Å². The molecule has 1 heterocycles. The van der Waals surface area contributed by atoms with E-state index in [2.05, 4.69) is 9.72 Å². The maximum atomic E-state index is 11.1. The van der Waals surface area contributed by atoms with Gasteiger partial charge in [0.1, 0.15) is 11.5 Å². The average Bonchev–Trinajstić information content (AvgIpc) is 2.78. The normalized spacial score (nSPS) is 10.3. The minimum Gasteiger partial charge on any atom is -0.469 e. The number of hydrogen-bond donors (Lipinski definition) is 0. The van der Waals surface area contributed by atoms with Gasteiger partial charge in [0.05, 0.1) is 13.5 Å². The van der Waals surface area contributed by atoms with Crippen molar-refractivity contribution in [2.45, 2.75) is 12.8 Å².